The lowest BCUT2D eigenvalue weighted by Crippen LogP contribution is -2.31. The molecule has 0 aromatic carbocycles. The van der Waals surface area contributed by atoms with Crippen molar-refractivity contribution >= 4 is 33.1 Å². The predicted molar refractivity (Wildman–Crippen MR) is 98.6 cm³/mol. The summed E-state index contributed by atoms with van der Waals surface area (Å²) in [7, 11) is 0. The van der Waals surface area contributed by atoms with Gasteiger partial charge in [-0.05, 0) is 39.2 Å². The number of carbonyl (C=O) groups excluding carboxylic acids is 1. The van der Waals surface area contributed by atoms with E-state index >= 15 is 0 Å². The Morgan fingerprint density at radius 3 is 2.77 bits per heavy atom. The second-order valence-corrected chi connectivity index (χ2v) is 8.82. The number of nitrogens with zero attached hydrogens (tertiary/aromatic N) is 5. The molecule has 5 heterocycles. The molecule has 7 nitrogen and oxygen atoms in total. The van der Waals surface area contributed by atoms with Gasteiger partial charge in [0.2, 0.25) is 5.82 Å². The van der Waals surface area contributed by atoms with Gasteiger partial charge in [-0.15, -0.1) is 16.4 Å². The molecule has 0 spiro atoms. The number of amides is 1. The van der Waals surface area contributed by atoms with Crippen LogP contribution in [-0.4, -0.2) is 49.1 Å². The standard InChI is InChI=1S/C18H21N5O2S/c1-10-19-16-13(11-8-18(2,3)25-9-12(11)26-16)15-20-14(21-23(10)15)17(24)22-6-4-5-7-22/h4-9H2,1-3H3. The average molecular weight is 371 g/mol. The molecule has 3 aromatic rings. The number of likely N-dealkylation sites (tertiary alicyclic amines) is 1. The Hall–Kier alpha value is -2.06. The third-order valence-electron chi connectivity index (χ3n) is 5.25. The molecule has 0 N–H and O–H groups in total. The highest BCUT2D eigenvalue weighted by Crippen LogP contribution is 2.39. The number of carbonyl (C=O) groups is 1. The van der Waals surface area contributed by atoms with E-state index in [1.54, 1.807) is 15.9 Å². The lowest BCUT2D eigenvalue weighted by molar-refractivity contribution is -0.0379. The fourth-order valence-corrected chi connectivity index (χ4v) is 5.04. The Morgan fingerprint density at radius 2 is 2.00 bits per heavy atom. The minimum Gasteiger partial charge on any atom is -0.370 e. The van der Waals surface area contributed by atoms with Crippen LogP contribution in [0.4, 0.5) is 0 Å². The third kappa shape index (κ3) is 2.35. The van der Waals surface area contributed by atoms with E-state index in [4.69, 9.17) is 9.72 Å². The molecule has 1 amide bonds. The summed E-state index contributed by atoms with van der Waals surface area (Å²) in [4.78, 5) is 26.1. The maximum Gasteiger partial charge on any atom is 0.293 e. The molecule has 136 valence electrons. The van der Waals surface area contributed by atoms with Crippen molar-refractivity contribution in [3.63, 3.8) is 0 Å². The molecule has 0 bridgehead atoms. The van der Waals surface area contributed by atoms with Crippen LogP contribution in [-0.2, 0) is 17.8 Å². The molecule has 2 aliphatic rings. The van der Waals surface area contributed by atoms with Crippen molar-refractivity contribution < 1.29 is 9.53 Å². The van der Waals surface area contributed by atoms with E-state index in [0.717, 1.165) is 54.0 Å². The van der Waals surface area contributed by atoms with Crippen LogP contribution in [0.15, 0.2) is 0 Å². The molecule has 0 atom stereocenters. The first-order valence-electron chi connectivity index (χ1n) is 9.04. The van der Waals surface area contributed by atoms with Crippen molar-refractivity contribution in [3.05, 3.63) is 22.1 Å². The van der Waals surface area contributed by atoms with Gasteiger partial charge in [0.15, 0.2) is 5.65 Å². The van der Waals surface area contributed by atoms with Crippen LogP contribution in [0.1, 0.15) is 53.6 Å². The molecule has 0 unspecified atom stereocenters. The van der Waals surface area contributed by atoms with Crippen molar-refractivity contribution in [1.29, 1.82) is 0 Å². The van der Waals surface area contributed by atoms with Gasteiger partial charge in [-0.25, -0.2) is 9.97 Å². The van der Waals surface area contributed by atoms with E-state index in [2.05, 4.69) is 23.9 Å². The number of hydrogen-bond acceptors (Lipinski definition) is 6. The van der Waals surface area contributed by atoms with Crippen molar-refractivity contribution in [3.8, 4) is 0 Å². The van der Waals surface area contributed by atoms with Crippen LogP contribution >= 0.6 is 11.3 Å². The number of aryl methyl sites for hydroxylation is 1. The summed E-state index contributed by atoms with van der Waals surface area (Å²) in [6.07, 6.45) is 2.92. The van der Waals surface area contributed by atoms with Crippen molar-refractivity contribution in [2.24, 2.45) is 0 Å². The second kappa shape index (κ2) is 5.47. The molecule has 3 aromatic heterocycles. The van der Waals surface area contributed by atoms with Crippen LogP contribution in [0, 0.1) is 6.92 Å². The van der Waals surface area contributed by atoms with Crippen LogP contribution in [0.25, 0.3) is 15.9 Å². The van der Waals surface area contributed by atoms with Gasteiger partial charge < -0.3 is 9.64 Å². The maximum absolute atomic E-state index is 12.7. The summed E-state index contributed by atoms with van der Waals surface area (Å²) in [6, 6.07) is 0. The highest BCUT2D eigenvalue weighted by molar-refractivity contribution is 7.19. The molecule has 2 aliphatic heterocycles. The lowest BCUT2D eigenvalue weighted by atomic mass is 9.94. The largest absolute Gasteiger partial charge is 0.370 e. The van der Waals surface area contributed by atoms with Crippen LogP contribution < -0.4 is 0 Å². The van der Waals surface area contributed by atoms with Gasteiger partial charge in [-0.3, -0.25) is 4.79 Å². The fourth-order valence-electron chi connectivity index (χ4n) is 3.89. The highest BCUT2D eigenvalue weighted by atomic mass is 32.1. The SMILES string of the molecule is Cc1nc2sc3c(c2c2nc(C(=O)N4CCCC4)nn12)CC(C)(C)OC3. The Labute approximate surface area is 155 Å². The topological polar surface area (TPSA) is 72.6 Å². The number of hydrogen-bond donors (Lipinski definition) is 0. The summed E-state index contributed by atoms with van der Waals surface area (Å²) in [5.41, 5.74) is 1.77. The lowest BCUT2D eigenvalue weighted by Gasteiger charge is -2.30. The van der Waals surface area contributed by atoms with Crippen LogP contribution in [0.2, 0.25) is 0 Å². The predicted octanol–water partition coefficient (Wildman–Crippen LogP) is 2.73. The van der Waals surface area contributed by atoms with Gasteiger partial charge in [0.1, 0.15) is 10.7 Å². The van der Waals surface area contributed by atoms with Crippen LogP contribution in [0.3, 0.4) is 0 Å². The molecule has 26 heavy (non-hydrogen) atoms. The van der Waals surface area contributed by atoms with E-state index in [1.165, 1.54) is 10.4 Å². The van der Waals surface area contributed by atoms with E-state index in [0.29, 0.717) is 6.61 Å². The molecule has 0 radical (unpaired) electrons. The normalized spacial score (nSPS) is 19.4. The first-order chi connectivity index (χ1) is 12.4. The van der Waals surface area contributed by atoms with Gasteiger partial charge in [0.25, 0.3) is 5.91 Å². The van der Waals surface area contributed by atoms with Crippen molar-refractivity contribution in [1.82, 2.24) is 24.5 Å². The minimum absolute atomic E-state index is 0.0773. The Kier molecular flexibility index (Phi) is 3.39. The first-order valence-corrected chi connectivity index (χ1v) is 9.85. The number of ether oxygens (including phenoxy) is 1. The zero-order chi connectivity index (χ0) is 18.1. The maximum atomic E-state index is 12.7. The average Bonchev–Trinajstić information content (AvgIpc) is 3.31. The van der Waals surface area contributed by atoms with E-state index in [1.807, 2.05) is 11.8 Å². The Bertz CT molecular complexity index is 1050. The number of rotatable bonds is 1. The summed E-state index contributed by atoms with van der Waals surface area (Å²) in [5.74, 6) is 0.946. The molecule has 0 aliphatic carbocycles. The highest BCUT2D eigenvalue weighted by Gasteiger charge is 2.32. The molecule has 8 heteroatoms. The second-order valence-electron chi connectivity index (χ2n) is 7.74. The number of fused-ring (bicyclic) bond motifs is 5. The molecule has 1 saturated heterocycles. The molecule has 5 rings (SSSR count). The fraction of sp³-hybridized carbons (Fsp3) is 0.556. The van der Waals surface area contributed by atoms with Gasteiger partial charge in [-0.2, -0.15) is 4.52 Å². The molecule has 1 fully saturated rings. The quantitative estimate of drug-likeness (QED) is 0.658. The summed E-state index contributed by atoms with van der Waals surface area (Å²) >= 11 is 1.66. The molecular weight excluding hydrogens is 350 g/mol. The number of thiophene rings is 1. The third-order valence-corrected chi connectivity index (χ3v) is 6.35. The zero-order valence-corrected chi connectivity index (χ0v) is 16.0. The van der Waals surface area contributed by atoms with Gasteiger partial charge >= 0.3 is 0 Å². The smallest absolute Gasteiger partial charge is 0.293 e. The minimum atomic E-state index is -0.211. The first kappa shape index (κ1) is 16.1. The van der Waals surface area contributed by atoms with E-state index < -0.39 is 0 Å². The summed E-state index contributed by atoms with van der Waals surface area (Å²) in [6.45, 7) is 8.29. The molecular formula is C18H21N5O2S. The monoisotopic (exact) mass is 371 g/mol. The Balaban J connectivity index is 1.71. The summed E-state index contributed by atoms with van der Waals surface area (Å²) < 4.78 is 7.68. The number of aromatic nitrogens is 4. The van der Waals surface area contributed by atoms with Gasteiger partial charge in [0.05, 0.1) is 17.6 Å². The van der Waals surface area contributed by atoms with E-state index in [-0.39, 0.29) is 17.3 Å². The zero-order valence-electron chi connectivity index (χ0n) is 15.2. The Morgan fingerprint density at radius 1 is 1.23 bits per heavy atom. The van der Waals surface area contributed by atoms with Crippen molar-refractivity contribution in [2.45, 2.75) is 52.2 Å². The van der Waals surface area contributed by atoms with Crippen molar-refractivity contribution in [2.75, 3.05) is 13.1 Å². The van der Waals surface area contributed by atoms with E-state index in [9.17, 15) is 4.79 Å². The van der Waals surface area contributed by atoms with Gasteiger partial charge in [-0.1, -0.05) is 0 Å². The summed E-state index contributed by atoms with van der Waals surface area (Å²) in [5, 5.41) is 5.52. The van der Waals surface area contributed by atoms with Gasteiger partial charge in [0, 0.05) is 24.4 Å². The van der Waals surface area contributed by atoms with Crippen LogP contribution in [0.5, 0.6) is 0 Å². The molecule has 0 saturated carbocycles.